The zero-order chi connectivity index (χ0) is 20.5. The molecule has 0 aliphatic rings. The van der Waals surface area contributed by atoms with Gasteiger partial charge in [-0.05, 0) is 44.5 Å². The Kier molecular flexibility index (Phi) is 5.02. The van der Waals surface area contributed by atoms with Crippen molar-refractivity contribution in [2.24, 2.45) is 7.05 Å². The zero-order valence-corrected chi connectivity index (χ0v) is 17.5. The number of nitrogens with zero attached hydrogens (tertiary/aromatic N) is 4. The van der Waals surface area contributed by atoms with Crippen molar-refractivity contribution in [3.63, 3.8) is 0 Å². The van der Waals surface area contributed by atoms with E-state index in [1.54, 1.807) is 16.0 Å². The third-order valence-electron chi connectivity index (χ3n) is 4.51. The van der Waals surface area contributed by atoms with E-state index in [0.717, 1.165) is 38.6 Å². The topological polar surface area (TPSA) is 81.9 Å². The van der Waals surface area contributed by atoms with Gasteiger partial charge < -0.3 is 10.1 Å². The predicted octanol–water partition coefficient (Wildman–Crippen LogP) is 4.03. The van der Waals surface area contributed by atoms with Crippen molar-refractivity contribution in [2.75, 3.05) is 11.9 Å². The van der Waals surface area contributed by atoms with Crippen molar-refractivity contribution in [2.45, 2.75) is 20.8 Å². The number of carbonyl (C=O) groups excluding carboxylic acids is 1. The first-order valence-corrected chi connectivity index (χ1v) is 10.0. The molecule has 4 rings (SSSR count). The van der Waals surface area contributed by atoms with Gasteiger partial charge in [-0.15, -0.1) is 16.4 Å². The van der Waals surface area contributed by atoms with Gasteiger partial charge in [0.05, 0.1) is 16.1 Å². The third-order valence-corrected chi connectivity index (χ3v) is 5.28. The summed E-state index contributed by atoms with van der Waals surface area (Å²) in [5.41, 5.74) is 5.33. The molecule has 0 radical (unpaired) electrons. The van der Waals surface area contributed by atoms with E-state index in [-0.39, 0.29) is 12.5 Å². The number of pyridine rings is 1. The van der Waals surface area contributed by atoms with Crippen LogP contribution in [-0.2, 0) is 11.8 Å². The van der Waals surface area contributed by atoms with Crippen LogP contribution < -0.4 is 10.1 Å². The summed E-state index contributed by atoms with van der Waals surface area (Å²) in [7, 11) is 1.81. The Bertz CT molecular complexity index is 1190. The maximum absolute atomic E-state index is 12.3. The Morgan fingerprint density at radius 2 is 1.93 bits per heavy atom. The number of amides is 1. The van der Waals surface area contributed by atoms with Crippen LogP contribution in [0.25, 0.3) is 22.3 Å². The molecule has 29 heavy (non-hydrogen) atoms. The van der Waals surface area contributed by atoms with Gasteiger partial charge in [0.2, 0.25) is 5.88 Å². The van der Waals surface area contributed by atoms with Gasteiger partial charge >= 0.3 is 0 Å². The van der Waals surface area contributed by atoms with Crippen LogP contribution in [0.5, 0.6) is 5.88 Å². The average Bonchev–Trinajstić information content (AvgIpc) is 3.24. The number of ether oxygens (including phenoxy) is 1. The standard InChI is InChI=1S/C21H21N5O2S/c1-12-9-13(2)22-20-19(12)21(25-26(20)4)28-10-18(27)24-16-7-5-15(6-8-16)17-11-29-14(3)23-17/h5-9,11H,10H2,1-4H3,(H,24,27). The zero-order valence-electron chi connectivity index (χ0n) is 16.7. The fourth-order valence-electron chi connectivity index (χ4n) is 3.20. The van der Waals surface area contributed by atoms with Crippen LogP contribution in [-0.4, -0.2) is 32.3 Å². The fourth-order valence-corrected chi connectivity index (χ4v) is 3.82. The molecule has 8 heteroatoms. The molecule has 0 spiro atoms. The smallest absolute Gasteiger partial charge is 0.262 e. The molecular weight excluding hydrogens is 386 g/mol. The Balaban J connectivity index is 1.42. The van der Waals surface area contributed by atoms with Gasteiger partial charge in [0, 0.05) is 29.4 Å². The second kappa shape index (κ2) is 7.63. The second-order valence-electron chi connectivity index (χ2n) is 6.87. The number of anilines is 1. The van der Waals surface area contributed by atoms with Crippen LogP contribution in [0.1, 0.15) is 16.3 Å². The highest BCUT2D eigenvalue weighted by Gasteiger charge is 2.15. The molecule has 1 amide bonds. The molecule has 0 saturated carbocycles. The van der Waals surface area contributed by atoms with Crippen LogP contribution in [0.15, 0.2) is 35.7 Å². The van der Waals surface area contributed by atoms with Crippen molar-refractivity contribution in [1.29, 1.82) is 0 Å². The molecule has 3 heterocycles. The number of thiazole rings is 1. The fraction of sp³-hybridized carbons (Fsp3) is 0.238. The van der Waals surface area contributed by atoms with Crippen LogP contribution in [0, 0.1) is 20.8 Å². The number of fused-ring (bicyclic) bond motifs is 1. The molecule has 0 unspecified atom stereocenters. The average molecular weight is 407 g/mol. The Labute approximate surface area is 172 Å². The molecule has 3 aromatic heterocycles. The van der Waals surface area contributed by atoms with Gasteiger partial charge in [-0.1, -0.05) is 12.1 Å². The van der Waals surface area contributed by atoms with Crippen molar-refractivity contribution in [3.8, 4) is 17.1 Å². The SMILES string of the molecule is Cc1cc(C)c2c(OCC(=O)Nc3ccc(-c4csc(C)n4)cc3)nn(C)c2n1. The van der Waals surface area contributed by atoms with E-state index in [4.69, 9.17) is 4.74 Å². The summed E-state index contributed by atoms with van der Waals surface area (Å²) < 4.78 is 7.37. The van der Waals surface area contributed by atoms with Gasteiger partial charge in [-0.25, -0.2) is 14.6 Å². The number of aryl methyl sites for hydroxylation is 4. The lowest BCUT2D eigenvalue weighted by Gasteiger charge is -2.07. The summed E-state index contributed by atoms with van der Waals surface area (Å²) in [6.45, 7) is 5.77. The number of hydrogen-bond donors (Lipinski definition) is 1. The Morgan fingerprint density at radius 1 is 1.17 bits per heavy atom. The molecule has 0 aliphatic heterocycles. The van der Waals surface area contributed by atoms with Gasteiger partial charge in [0.25, 0.3) is 5.91 Å². The molecule has 0 atom stereocenters. The summed E-state index contributed by atoms with van der Waals surface area (Å²) in [6, 6.07) is 9.56. The summed E-state index contributed by atoms with van der Waals surface area (Å²) in [4.78, 5) is 21.3. The number of hydrogen-bond acceptors (Lipinski definition) is 6. The van der Waals surface area contributed by atoms with Crippen LogP contribution in [0.3, 0.4) is 0 Å². The number of aromatic nitrogens is 4. The molecule has 1 N–H and O–H groups in total. The normalized spacial score (nSPS) is 11.0. The van der Waals surface area contributed by atoms with E-state index in [0.29, 0.717) is 11.6 Å². The first-order valence-electron chi connectivity index (χ1n) is 9.17. The highest BCUT2D eigenvalue weighted by atomic mass is 32.1. The van der Waals surface area contributed by atoms with Gasteiger partial charge in [0.15, 0.2) is 12.3 Å². The van der Waals surface area contributed by atoms with Crippen molar-refractivity contribution in [1.82, 2.24) is 19.7 Å². The number of nitrogens with one attached hydrogen (secondary N) is 1. The molecule has 0 saturated heterocycles. The molecular formula is C21H21N5O2S. The first-order chi connectivity index (χ1) is 13.9. The van der Waals surface area contributed by atoms with Crippen molar-refractivity contribution < 1.29 is 9.53 Å². The number of rotatable bonds is 5. The minimum absolute atomic E-state index is 0.132. The number of benzene rings is 1. The van der Waals surface area contributed by atoms with Crippen LogP contribution in [0.4, 0.5) is 5.69 Å². The minimum atomic E-state index is -0.251. The third kappa shape index (κ3) is 3.97. The van der Waals surface area contributed by atoms with E-state index in [1.165, 1.54) is 0 Å². The van der Waals surface area contributed by atoms with Gasteiger partial charge in [0.1, 0.15) is 0 Å². The van der Waals surface area contributed by atoms with Crippen molar-refractivity contribution >= 4 is 34.0 Å². The van der Waals surface area contributed by atoms with E-state index in [1.807, 2.05) is 63.5 Å². The Hall–Kier alpha value is -3.26. The highest BCUT2D eigenvalue weighted by Crippen LogP contribution is 2.27. The van der Waals surface area contributed by atoms with E-state index >= 15 is 0 Å². The minimum Gasteiger partial charge on any atom is -0.466 e. The predicted molar refractivity (Wildman–Crippen MR) is 114 cm³/mol. The monoisotopic (exact) mass is 407 g/mol. The molecule has 1 aromatic carbocycles. The summed E-state index contributed by atoms with van der Waals surface area (Å²) in [5.74, 6) is 0.163. The van der Waals surface area contributed by atoms with Gasteiger partial charge in [-0.3, -0.25) is 4.79 Å². The van der Waals surface area contributed by atoms with E-state index in [2.05, 4.69) is 20.4 Å². The van der Waals surface area contributed by atoms with E-state index in [9.17, 15) is 4.79 Å². The Morgan fingerprint density at radius 3 is 2.62 bits per heavy atom. The molecule has 148 valence electrons. The summed E-state index contributed by atoms with van der Waals surface area (Å²) in [5, 5.41) is 11.1. The molecule has 0 bridgehead atoms. The van der Waals surface area contributed by atoms with Crippen LogP contribution >= 0.6 is 11.3 Å². The maximum atomic E-state index is 12.3. The molecule has 0 aliphatic carbocycles. The largest absolute Gasteiger partial charge is 0.466 e. The van der Waals surface area contributed by atoms with E-state index < -0.39 is 0 Å². The lowest BCUT2D eigenvalue weighted by atomic mass is 10.1. The molecule has 4 aromatic rings. The van der Waals surface area contributed by atoms with Gasteiger partial charge in [-0.2, -0.15) is 0 Å². The summed E-state index contributed by atoms with van der Waals surface area (Å²) in [6.07, 6.45) is 0. The van der Waals surface area contributed by atoms with Crippen LogP contribution in [0.2, 0.25) is 0 Å². The number of carbonyl (C=O) groups is 1. The summed E-state index contributed by atoms with van der Waals surface area (Å²) >= 11 is 1.61. The lowest BCUT2D eigenvalue weighted by molar-refractivity contribution is -0.118. The highest BCUT2D eigenvalue weighted by molar-refractivity contribution is 7.09. The second-order valence-corrected chi connectivity index (χ2v) is 7.94. The quantitative estimate of drug-likeness (QED) is 0.540. The lowest BCUT2D eigenvalue weighted by Crippen LogP contribution is -2.20. The molecule has 7 nitrogen and oxygen atoms in total. The molecule has 0 fully saturated rings. The maximum Gasteiger partial charge on any atom is 0.262 e. The first kappa shape index (κ1) is 19.1. The van der Waals surface area contributed by atoms with Crippen molar-refractivity contribution in [3.05, 3.63) is 52.0 Å².